The number of likely N-dealkylation sites (tertiary alicyclic amines) is 1. The first-order valence-corrected chi connectivity index (χ1v) is 11.0. The Hall–Kier alpha value is -2.38. The molecule has 0 bridgehead atoms. The van der Waals surface area contributed by atoms with E-state index in [1.807, 2.05) is 19.6 Å². The smallest absolute Gasteiger partial charge is 0.193 e. The Morgan fingerprint density at radius 2 is 2.07 bits per heavy atom. The highest BCUT2D eigenvalue weighted by Crippen LogP contribution is 2.27. The fourth-order valence-electron chi connectivity index (χ4n) is 4.46. The standard InChI is InChI=1S/C23H34N6O/c1-19-6-8-28(17-22(19)29-9-7-25-18-29)23(24-2)26-15-20-4-3-5-21(14-20)16-27-10-12-30-13-11-27/h3-5,7,9,14,18-19,22H,6,8,10-13,15-17H2,1-2H3,(H,24,26). The van der Waals surface area contributed by atoms with Gasteiger partial charge in [0.15, 0.2) is 5.96 Å². The zero-order valence-corrected chi connectivity index (χ0v) is 18.2. The van der Waals surface area contributed by atoms with E-state index in [9.17, 15) is 0 Å². The molecule has 2 aliphatic rings. The third kappa shape index (κ3) is 5.21. The van der Waals surface area contributed by atoms with Crippen LogP contribution in [0.1, 0.15) is 30.5 Å². The highest BCUT2D eigenvalue weighted by Gasteiger charge is 2.28. The molecule has 2 unspecified atom stereocenters. The first-order chi connectivity index (χ1) is 14.7. The van der Waals surface area contributed by atoms with Crippen molar-refractivity contribution in [3.63, 3.8) is 0 Å². The van der Waals surface area contributed by atoms with Crippen molar-refractivity contribution in [3.05, 3.63) is 54.1 Å². The molecule has 2 aromatic rings. The lowest BCUT2D eigenvalue weighted by Gasteiger charge is -2.39. The van der Waals surface area contributed by atoms with Crippen molar-refractivity contribution >= 4 is 5.96 Å². The van der Waals surface area contributed by atoms with E-state index in [4.69, 9.17) is 4.74 Å². The van der Waals surface area contributed by atoms with Crippen LogP contribution >= 0.6 is 0 Å². The minimum Gasteiger partial charge on any atom is -0.379 e. The average molecular weight is 411 g/mol. The zero-order valence-electron chi connectivity index (χ0n) is 18.2. The summed E-state index contributed by atoms with van der Waals surface area (Å²) in [6.07, 6.45) is 7.02. The van der Waals surface area contributed by atoms with Crippen LogP contribution < -0.4 is 5.32 Å². The lowest BCUT2D eigenvalue weighted by atomic mass is 9.93. The maximum absolute atomic E-state index is 5.46. The Bertz CT molecular complexity index is 815. The molecule has 162 valence electrons. The maximum Gasteiger partial charge on any atom is 0.193 e. The van der Waals surface area contributed by atoms with E-state index in [-0.39, 0.29) is 0 Å². The van der Waals surface area contributed by atoms with Gasteiger partial charge in [-0.05, 0) is 23.5 Å². The Labute approximate surface area is 179 Å². The van der Waals surface area contributed by atoms with Gasteiger partial charge >= 0.3 is 0 Å². The number of nitrogens with one attached hydrogen (secondary N) is 1. The summed E-state index contributed by atoms with van der Waals surface area (Å²) in [4.78, 5) is 13.6. The normalized spacial score (nSPS) is 23.5. The van der Waals surface area contributed by atoms with Crippen LogP contribution in [0, 0.1) is 5.92 Å². The minimum atomic E-state index is 0.427. The van der Waals surface area contributed by atoms with Gasteiger partial charge in [0.25, 0.3) is 0 Å². The summed E-state index contributed by atoms with van der Waals surface area (Å²) in [6, 6.07) is 9.30. The summed E-state index contributed by atoms with van der Waals surface area (Å²) >= 11 is 0. The monoisotopic (exact) mass is 410 g/mol. The van der Waals surface area contributed by atoms with E-state index in [1.165, 1.54) is 11.1 Å². The molecule has 0 spiro atoms. The predicted octanol–water partition coefficient (Wildman–Crippen LogP) is 2.37. The summed E-state index contributed by atoms with van der Waals surface area (Å²) in [5.41, 5.74) is 2.65. The second kappa shape index (κ2) is 10.1. The Balaban J connectivity index is 1.34. The number of ether oxygens (including phenoxy) is 1. The van der Waals surface area contributed by atoms with Crippen LogP contribution in [0.5, 0.6) is 0 Å². The molecule has 30 heavy (non-hydrogen) atoms. The van der Waals surface area contributed by atoms with Crippen molar-refractivity contribution < 1.29 is 4.74 Å². The number of piperidine rings is 1. The average Bonchev–Trinajstić information content (AvgIpc) is 3.31. The van der Waals surface area contributed by atoms with Crippen LogP contribution in [0.3, 0.4) is 0 Å². The molecule has 2 saturated heterocycles. The number of hydrogen-bond acceptors (Lipinski definition) is 4. The van der Waals surface area contributed by atoms with Crippen molar-refractivity contribution in [2.75, 3.05) is 46.4 Å². The van der Waals surface area contributed by atoms with Gasteiger partial charge in [-0.3, -0.25) is 9.89 Å². The van der Waals surface area contributed by atoms with E-state index in [0.29, 0.717) is 12.0 Å². The van der Waals surface area contributed by atoms with Crippen molar-refractivity contribution in [2.45, 2.75) is 32.5 Å². The van der Waals surface area contributed by atoms with Gasteiger partial charge in [0.2, 0.25) is 0 Å². The molecule has 1 aromatic carbocycles. The first kappa shape index (κ1) is 20.9. The van der Waals surface area contributed by atoms with Gasteiger partial charge < -0.3 is 19.5 Å². The lowest BCUT2D eigenvalue weighted by molar-refractivity contribution is 0.0342. The van der Waals surface area contributed by atoms with E-state index in [1.54, 1.807) is 0 Å². The molecule has 7 heteroatoms. The van der Waals surface area contributed by atoms with Crippen LogP contribution in [-0.2, 0) is 17.8 Å². The molecule has 2 aliphatic heterocycles. The number of aromatic nitrogens is 2. The van der Waals surface area contributed by atoms with Gasteiger partial charge in [0.05, 0.1) is 25.6 Å². The zero-order chi connectivity index (χ0) is 20.8. The molecule has 2 fully saturated rings. The number of imidazole rings is 1. The van der Waals surface area contributed by atoms with Crippen LogP contribution in [0.15, 0.2) is 48.0 Å². The van der Waals surface area contributed by atoms with Gasteiger partial charge in [-0.15, -0.1) is 0 Å². The number of guanidine groups is 1. The Morgan fingerprint density at radius 1 is 1.23 bits per heavy atom. The van der Waals surface area contributed by atoms with Gasteiger partial charge in [0.1, 0.15) is 0 Å². The van der Waals surface area contributed by atoms with Crippen molar-refractivity contribution in [1.29, 1.82) is 0 Å². The molecule has 7 nitrogen and oxygen atoms in total. The van der Waals surface area contributed by atoms with E-state index < -0.39 is 0 Å². The number of aliphatic imine (C=N–C) groups is 1. The molecule has 1 N–H and O–H groups in total. The highest BCUT2D eigenvalue weighted by molar-refractivity contribution is 5.80. The molecule has 3 heterocycles. The second-order valence-corrected chi connectivity index (χ2v) is 8.40. The number of benzene rings is 1. The van der Waals surface area contributed by atoms with E-state index in [0.717, 1.165) is 64.9 Å². The van der Waals surface area contributed by atoms with Crippen molar-refractivity contribution in [2.24, 2.45) is 10.9 Å². The van der Waals surface area contributed by atoms with E-state index >= 15 is 0 Å². The summed E-state index contributed by atoms with van der Waals surface area (Å²) in [5.74, 6) is 1.61. The lowest BCUT2D eigenvalue weighted by Crippen LogP contribution is -2.48. The van der Waals surface area contributed by atoms with Gasteiger partial charge in [0, 0.05) is 58.7 Å². The second-order valence-electron chi connectivity index (χ2n) is 8.40. The SMILES string of the molecule is CN=C(NCc1cccc(CN2CCOCC2)c1)N1CCC(C)C(n2ccnc2)C1. The van der Waals surface area contributed by atoms with Gasteiger partial charge in [-0.2, -0.15) is 0 Å². The molecule has 2 atom stereocenters. The molecule has 1 aromatic heterocycles. The number of morpholine rings is 1. The quantitative estimate of drug-likeness (QED) is 0.606. The van der Waals surface area contributed by atoms with Crippen molar-refractivity contribution in [3.8, 4) is 0 Å². The van der Waals surface area contributed by atoms with Crippen LogP contribution in [0.4, 0.5) is 0 Å². The van der Waals surface area contributed by atoms with Gasteiger partial charge in [-0.25, -0.2) is 4.98 Å². The summed E-state index contributed by atoms with van der Waals surface area (Å²) in [6.45, 7) is 9.79. The molecular weight excluding hydrogens is 376 g/mol. The molecule has 0 aliphatic carbocycles. The molecule has 0 amide bonds. The number of rotatable bonds is 5. The van der Waals surface area contributed by atoms with E-state index in [2.05, 4.69) is 67.0 Å². The third-order valence-corrected chi connectivity index (χ3v) is 6.29. The first-order valence-electron chi connectivity index (χ1n) is 11.0. The maximum atomic E-state index is 5.46. The Morgan fingerprint density at radius 3 is 2.83 bits per heavy atom. The summed E-state index contributed by atoms with van der Waals surface area (Å²) in [7, 11) is 1.88. The summed E-state index contributed by atoms with van der Waals surface area (Å²) < 4.78 is 7.69. The number of nitrogens with zero attached hydrogens (tertiary/aromatic N) is 5. The van der Waals surface area contributed by atoms with Crippen molar-refractivity contribution in [1.82, 2.24) is 24.7 Å². The van der Waals surface area contributed by atoms with Crippen LogP contribution in [0.2, 0.25) is 0 Å². The van der Waals surface area contributed by atoms with Crippen LogP contribution in [-0.4, -0.2) is 71.8 Å². The largest absolute Gasteiger partial charge is 0.379 e. The van der Waals surface area contributed by atoms with Crippen LogP contribution in [0.25, 0.3) is 0 Å². The summed E-state index contributed by atoms with van der Waals surface area (Å²) in [5, 5.41) is 3.58. The highest BCUT2D eigenvalue weighted by atomic mass is 16.5. The molecule has 0 saturated carbocycles. The fraction of sp³-hybridized carbons (Fsp3) is 0.565. The van der Waals surface area contributed by atoms with Gasteiger partial charge in [-0.1, -0.05) is 31.2 Å². The number of hydrogen-bond donors (Lipinski definition) is 1. The molecular formula is C23H34N6O. The molecule has 4 rings (SSSR count). The fourth-order valence-corrected chi connectivity index (χ4v) is 4.46. The molecule has 0 radical (unpaired) electrons. The Kier molecular flexibility index (Phi) is 7.02. The topological polar surface area (TPSA) is 57.9 Å². The predicted molar refractivity (Wildman–Crippen MR) is 119 cm³/mol. The third-order valence-electron chi connectivity index (χ3n) is 6.29. The minimum absolute atomic E-state index is 0.427.